The molecule has 1 heterocycles. The molecule has 3 aromatic rings. The van der Waals surface area contributed by atoms with E-state index >= 15 is 0 Å². The summed E-state index contributed by atoms with van der Waals surface area (Å²) in [4.78, 5) is 41.3. The van der Waals surface area contributed by atoms with Crippen molar-refractivity contribution < 1.29 is 24.2 Å². The molecule has 0 aliphatic heterocycles. The Labute approximate surface area is 171 Å². The first-order valence-corrected chi connectivity index (χ1v) is 8.83. The topological polar surface area (TPSA) is 120 Å². The number of anilines is 1. The Bertz CT molecular complexity index is 1130. The van der Waals surface area contributed by atoms with Crippen LogP contribution in [-0.4, -0.2) is 40.8 Å². The third kappa shape index (κ3) is 4.14. The van der Waals surface area contributed by atoms with Crippen LogP contribution in [0.3, 0.4) is 0 Å². The van der Waals surface area contributed by atoms with Crippen molar-refractivity contribution in [2.75, 3.05) is 19.5 Å². The number of rotatable bonds is 7. The molecular weight excluding hydrogens is 390 g/mol. The zero-order valence-corrected chi connectivity index (χ0v) is 16.2. The third-order valence-corrected chi connectivity index (χ3v) is 4.39. The van der Waals surface area contributed by atoms with Crippen molar-refractivity contribution in [1.29, 1.82) is 0 Å². The van der Waals surface area contributed by atoms with Gasteiger partial charge in [0.15, 0.2) is 6.04 Å². The van der Waals surface area contributed by atoms with Crippen LogP contribution in [-0.2, 0) is 4.79 Å². The van der Waals surface area contributed by atoms with Crippen LogP contribution in [0.4, 0.5) is 5.69 Å². The molecule has 0 bridgehead atoms. The zero-order chi connectivity index (χ0) is 21.7. The van der Waals surface area contributed by atoms with Crippen molar-refractivity contribution in [1.82, 2.24) is 9.55 Å². The summed E-state index contributed by atoms with van der Waals surface area (Å²) in [5, 5.41) is 12.3. The standard InChI is InChI=1S/C21H19N3O6/c1-29-14-8-9-15(17(10-14)30-2)18(21(27)28)24-12-22-11-16(20(24)26)23-19(25)13-6-4-3-5-7-13/h3-12,18H,1-2H3,(H,23,25)(H,27,28). The molecule has 0 aliphatic rings. The van der Waals surface area contributed by atoms with Gasteiger partial charge < -0.3 is 19.9 Å². The smallest absolute Gasteiger partial charge is 0.331 e. The van der Waals surface area contributed by atoms with E-state index in [0.717, 1.165) is 10.9 Å². The van der Waals surface area contributed by atoms with E-state index in [4.69, 9.17) is 9.47 Å². The minimum absolute atomic E-state index is 0.148. The van der Waals surface area contributed by atoms with E-state index < -0.39 is 23.5 Å². The molecule has 1 atom stereocenters. The van der Waals surface area contributed by atoms with E-state index in [9.17, 15) is 19.5 Å². The predicted octanol–water partition coefficient (Wildman–Crippen LogP) is 2.19. The second-order valence-electron chi connectivity index (χ2n) is 6.19. The summed E-state index contributed by atoms with van der Waals surface area (Å²) in [6.45, 7) is 0. The molecule has 1 amide bonds. The van der Waals surface area contributed by atoms with Gasteiger partial charge in [-0.3, -0.25) is 14.2 Å². The molecule has 0 spiro atoms. The maximum absolute atomic E-state index is 13.0. The van der Waals surface area contributed by atoms with Crippen molar-refractivity contribution >= 4 is 17.6 Å². The lowest BCUT2D eigenvalue weighted by Gasteiger charge is -2.19. The number of nitrogens with zero attached hydrogens (tertiary/aromatic N) is 2. The van der Waals surface area contributed by atoms with Gasteiger partial charge in [-0.1, -0.05) is 18.2 Å². The van der Waals surface area contributed by atoms with Crippen LogP contribution in [0.15, 0.2) is 65.8 Å². The monoisotopic (exact) mass is 409 g/mol. The first kappa shape index (κ1) is 20.6. The normalized spacial score (nSPS) is 11.4. The predicted molar refractivity (Wildman–Crippen MR) is 108 cm³/mol. The van der Waals surface area contributed by atoms with E-state index in [1.807, 2.05) is 0 Å². The lowest BCUT2D eigenvalue weighted by molar-refractivity contribution is -0.139. The fourth-order valence-corrected chi connectivity index (χ4v) is 2.93. The number of amides is 1. The average molecular weight is 409 g/mol. The van der Waals surface area contributed by atoms with Crippen molar-refractivity contribution in [2.24, 2.45) is 0 Å². The van der Waals surface area contributed by atoms with E-state index in [2.05, 4.69) is 10.3 Å². The van der Waals surface area contributed by atoms with E-state index in [1.165, 1.54) is 32.5 Å². The van der Waals surface area contributed by atoms with Gasteiger partial charge in [-0.15, -0.1) is 0 Å². The Balaban J connectivity index is 2.03. The first-order chi connectivity index (χ1) is 14.5. The van der Waals surface area contributed by atoms with Crippen LogP contribution in [0, 0.1) is 0 Å². The largest absolute Gasteiger partial charge is 0.497 e. The minimum Gasteiger partial charge on any atom is -0.497 e. The number of carbonyl (C=O) groups excluding carboxylic acids is 1. The maximum atomic E-state index is 13.0. The molecule has 30 heavy (non-hydrogen) atoms. The lowest BCUT2D eigenvalue weighted by Crippen LogP contribution is -2.33. The molecule has 1 aromatic heterocycles. The molecule has 0 fully saturated rings. The first-order valence-electron chi connectivity index (χ1n) is 8.83. The molecule has 3 rings (SSSR count). The SMILES string of the molecule is COc1ccc(C(C(=O)O)n2cncc(NC(=O)c3ccccc3)c2=O)c(OC)c1. The van der Waals surface area contributed by atoms with Gasteiger partial charge in [0.25, 0.3) is 11.5 Å². The van der Waals surface area contributed by atoms with Crippen molar-refractivity contribution in [3.8, 4) is 11.5 Å². The van der Waals surface area contributed by atoms with Gasteiger partial charge >= 0.3 is 5.97 Å². The quantitative estimate of drug-likeness (QED) is 0.614. The lowest BCUT2D eigenvalue weighted by atomic mass is 10.0. The summed E-state index contributed by atoms with van der Waals surface area (Å²) in [7, 11) is 2.85. The van der Waals surface area contributed by atoms with Gasteiger partial charge in [-0.2, -0.15) is 0 Å². The number of hydrogen-bond donors (Lipinski definition) is 2. The molecule has 154 valence electrons. The Morgan fingerprint density at radius 2 is 1.83 bits per heavy atom. The van der Waals surface area contributed by atoms with Crippen molar-refractivity contribution in [3.63, 3.8) is 0 Å². The highest BCUT2D eigenvalue weighted by atomic mass is 16.5. The molecule has 9 heteroatoms. The number of ether oxygens (including phenoxy) is 2. The summed E-state index contributed by atoms with van der Waals surface area (Å²) in [6, 6.07) is 11.5. The van der Waals surface area contributed by atoms with Crippen molar-refractivity contribution in [2.45, 2.75) is 6.04 Å². The van der Waals surface area contributed by atoms with Gasteiger partial charge in [-0.25, -0.2) is 9.78 Å². The zero-order valence-electron chi connectivity index (χ0n) is 16.2. The van der Waals surface area contributed by atoms with Crippen LogP contribution < -0.4 is 20.3 Å². The summed E-state index contributed by atoms with van der Waals surface area (Å²) >= 11 is 0. The number of hydrogen-bond acceptors (Lipinski definition) is 6. The van der Waals surface area contributed by atoms with Crippen LogP contribution in [0.5, 0.6) is 11.5 Å². The van der Waals surface area contributed by atoms with Gasteiger partial charge in [0.2, 0.25) is 0 Å². The third-order valence-electron chi connectivity index (χ3n) is 4.39. The number of methoxy groups -OCH3 is 2. The highest BCUT2D eigenvalue weighted by Gasteiger charge is 2.28. The van der Waals surface area contributed by atoms with Crippen LogP contribution in [0.2, 0.25) is 0 Å². The molecule has 0 aliphatic carbocycles. The van der Waals surface area contributed by atoms with E-state index in [1.54, 1.807) is 36.4 Å². The highest BCUT2D eigenvalue weighted by Crippen LogP contribution is 2.31. The average Bonchev–Trinajstić information content (AvgIpc) is 2.76. The maximum Gasteiger partial charge on any atom is 0.331 e. The summed E-state index contributed by atoms with van der Waals surface area (Å²) < 4.78 is 11.3. The van der Waals surface area contributed by atoms with Gasteiger partial charge in [-0.05, 0) is 24.3 Å². The fraction of sp³-hybridized carbons (Fsp3) is 0.143. The molecular formula is C21H19N3O6. The Hall–Kier alpha value is -4.14. The number of carbonyl (C=O) groups is 2. The summed E-state index contributed by atoms with van der Waals surface area (Å²) in [6.07, 6.45) is 2.27. The summed E-state index contributed by atoms with van der Waals surface area (Å²) in [5.74, 6) is -1.11. The molecule has 9 nitrogen and oxygen atoms in total. The van der Waals surface area contributed by atoms with Gasteiger partial charge in [0, 0.05) is 17.2 Å². The fourth-order valence-electron chi connectivity index (χ4n) is 2.93. The van der Waals surface area contributed by atoms with Crippen LogP contribution in [0.1, 0.15) is 22.0 Å². The number of carboxylic acid groups (broad SMARTS) is 1. The van der Waals surface area contributed by atoms with Gasteiger partial charge in [0.1, 0.15) is 17.2 Å². The number of benzene rings is 2. The number of carboxylic acids is 1. The second kappa shape index (κ2) is 8.91. The molecule has 1 unspecified atom stereocenters. The Morgan fingerprint density at radius 3 is 2.47 bits per heavy atom. The van der Waals surface area contributed by atoms with Crippen LogP contribution >= 0.6 is 0 Å². The highest BCUT2D eigenvalue weighted by molar-refractivity contribution is 6.04. The minimum atomic E-state index is -1.43. The van der Waals surface area contributed by atoms with Crippen molar-refractivity contribution in [3.05, 3.63) is 82.5 Å². The number of aromatic nitrogens is 2. The molecule has 2 N–H and O–H groups in total. The van der Waals surface area contributed by atoms with Gasteiger partial charge in [0.05, 0.1) is 26.7 Å². The molecule has 0 saturated carbocycles. The Morgan fingerprint density at radius 1 is 1.10 bits per heavy atom. The molecule has 2 aromatic carbocycles. The Kier molecular flexibility index (Phi) is 6.11. The summed E-state index contributed by atoms with van der Waals surface area (Å²) in [5.41, 5.74) is -0.301. The van der Waals surface area contributed by atoms with E-state index in [0.29, 0.717) is 11.3 Å². The molecule has 0 radical (unpaired) electrons. The number of aliphatic carboxylic acids is 1. The number of nitrogens with one attached hydrogen (secondary N) is 1. The molecule has 0 saturated heterocycles. The van der Waals surface area contributed by atoms with E-state index in [-0.39, 0.29) is 17.0 Å². The second-order valence-corrected chi connectivity index (χ2v) is 6.19. The van der Waals surface area contributed by atoms with Crippen LogP contribution in [0.25, 0.3) is 0 Å².